The predicted molar refractivity (Wildman–Crippen MR) is 68.9 cm³/mol. The fourth-order valence-corrected chi connectivity index (χ4v) is 2.44. The second-order valence-corrected chi connectivity index (χ2v) is 5.14. The van der Waals surface area contributed by atoms with Crippen LogP contribution < -0.4 is 5.32 Å². The summed E-state index contributed by atoms with van der Waals surface area (Å²) in [6.07, 6.45) is 2.41. The number of rotatable bonds is 2. The minimum absolute atomic E-state index is 0.471. The maximum absolute atomic E-state index is 5.90. The normalized spacial score (nSPS) is 26.0. The molecule has 0 spiro atoms. The Hall–Kier alpha value is -0.570. The van der Waals surface area contributed by atoms with Crippen LogP contribution >= 0.6 is 11.6 Å². The van der Waals surface area contributed by atoms with Crippen molar-refractivity contribution in [2.45, 2.75) is 24.9 Å². The van der Waals surface area contributed by atoms with E-state index >= 15 is 0 Å². The van der Waals surface area contributed by atoms with Gasteiger partial charge in [-0.15, -0.1) is 0 Å². The van der Waals surface area contributed by atoms with Crippen molar-refractivity contribution in [2.75, 3.05) is 20.6 Å². The van der Waals surface area contributed by atoms with Gasteiger partial charge in [-0.3, -0.25) is 0 Å². The second-order valence-electron chi connectivity index (χ2n) is 4.70. The summed E-state index contributed by atoms with van der Waals surface area (Å²) in [7, 11) is 4.32. The average Bonchev–Trinajstić information content (AvgIpc) is 2.30. The molecule has 0 amide bonds. The number of nitrogens with one attached hydrogen (secondary N) is 1. The van der Waals surface area contributed by atoms with Gasteiger partial charge in [-0.05, 0) is 51.2 Å². The molecule has 2 atom stereocenters. The topological polar surface area (TPSA) is 15.3 Å². The number of piperidine rings is 1. The molecule has 1 heterocycles. The van der Waals surface area contributed by atoms with Gasteiger partial charge < -0.3 is 10.2 Å². The highest BCUT2D eigenvalue weighted by Gasteiger charge is 2.23. The summed E-state index contributed by atoms with van der Waals surface area (Å²) in [6, 6.07) is 9.34. The molecule has 3 heteroatoms. The zero-order valence-corrected chi connectivity index (χ0v) is 10.7. The molecule has 0 aromatic heterocycles. The summed E-state index contributed by atoms with van der Waals surface area (Å²) in [5, 5.41) is 4.38. The molecule has 0 saturated carbocycles. The molecule has 0 radical (unpaired) electrons. The fourth-order valence-electron chi connectivity index (χ4n) is 2.32. The molecular formula is C13H19ClN2. The minimum Gasteiger partial charge on any atom is -0.310 e. The highest BCUT2D eigenvalue weighted by atomic mass is 35.5. The van der Waals surface area contributed by atoms with E-state index in [1.165, 1.54) is 18.4 Å². The minimum atomic E-state index is 0.471. The molecule has 1 aromatic rings. The van der Waals surface area contributed by atoms with Gasteiger partial charge in [0.05, 0.1) is 0 Å². The van der Waals surface area contributed by atoms with E-state index in [9.17, 15) is 0 Å². The van der Waals surface area contributed by atoms with E-state index in [0.29, 0.717) is 12.1 Å². The zero-order chi connectivity index (χ0) is 11.5. The monoisotopic (exact) mass is 238 g/mol. The van der Waals surface area contributed by atoms with Gasteiger partial charge in [-0.2, -0.15) is 0 Å². The molecule has 1 aliphatic heterocycles. The third kappa shape index (κ3) is 2.76. The van der Waals surface area contributed by atoms with Gasteiger partial charge in [0.1, 0.15) is 0 Å². The summed E-state index contributed by atoms with van der Waals surface area (Å²) in [5.74, 6) is 0. The first-order valence-corrected chi connectivity index (χ1v) is 6.20. The molecule has 1 N–H and O–H groups in total. The molecule has 2 unspecified atom stereocenters. The molecule has 1 saturated heterocycles. The fraction of sp³-hybridized carbons (Fsp3) is 0.538. The van der Waals surface area contributed by atoms with Gasteiger partial charge in [0.25, 0.3) is 0 Å². The number of nitrogens with zero attached hydrogens (tertiary/aromatic N) is 1. The van der Waals surface area contributed by atoms with Crippen molar-refractivity contribution in [3.8, 4) is 0 Å². The summed E-state index contributed by atoms with van der Waals surface area (Å²) in [6.45, 7) is 1.09. The van der Waals surface area contributed by atoms with Crippen LogP contribution in [0.4, 0.5) is 0 Å². The van der Waals surface area contributed by atoms with E-state index in [1.807, 2.05) is 12.1 Å². The molecule has 0 aliphatic carbocycles. The van der Waals surface area contributed by atoms with Gasteiger partial charge in [0.15, 0.2) is 0 Å². The summed E-state index contributed by atoms with van der Waals surface area (Å²) < 4.78 is 0. The highest BCUT2D eigenvalue weighted by Crippen LogP contribution is 2.26. The zero-order valence-electron chi connectivity index (χ0n) is 9.91. The molecular weight excluding hydrogens is 220 g/mol. The summed E-state index contributed by atoms with van der Waals surface area (Å²) in [5.41, 5.74) is 1.34. The Labute approximate surface area is 103 Å². The Morgan fingerprint density at radius 1 is 1.25 bits per heavy atom. The van der Waals surface area contributed by atoms with Gasteiger partial charge in [-0.1, -0.05) is 23.7 Å². The van der Waals surface area contributed by atoms with Crippen molar-refractivity contribution in [2.24, 2.45) is 0 Å². The van der Waals surface area contributed by atoms with Crippen LogP contribution in [0.25, 0.3) is 0 Å². The quantitative estimate of drug-likeness (QED) is 0.853. The predicted octanol–water partition coefficient (Wildman–Crippen LogP) is 2.69. The number of hydrogen-bond donors (Lipinski definition) is 1. The Morgan fingerprint density at radius 2 is 1.94 bits per heavy atom. The molecule has 2 rings (SSSR count). The van der Waals surface area contributed by atoms with E-state index in [2.05, 4.69) is 36.4 Å². The summed E-state index contributed by atoms with van der Waals surface area (Å²) >= 11 is 5.90. The van der Waals surface area contributed by atoms with Gasteiger partial charge in [0.2, 0.25) is 0 Å². The first kappa shape index (κ1) is 11.9. The van der Waals surface area contributed by atoms with E-state index in [0.717, 1.165) is 11.6 Å². The second kappa shape index (κ2) is 5.17. The van der Waals surface area contributed by atoms with Gasteiger partial charge in [0, 0.05) is 17.1 Å². The smallest absolute Gasteiger partial charge is 0.0406 e. The lowest BCUT2D eigenvalue weighted by Gasteiger charge is -2.34. The Balaban J connectivity index is 2.06. The molecule has 1 aromatic carbocycles. The highest BCUT2D eigenvalue weighted by molar-refractivity contribution is 6.30. The number of benzene rings is 1. The number of halogens is 1. The average molecular weight is 239 g/mol. The maximum Gasteiger partial charge on any atom is 0.0406 e. The van der Waals surface area contributed by atoms with Crippen molar-refractivity contribution in [3.63, 3.8) is 0 Å². The largest absolute Gasteiger partial charge is 0.310 e. The van der Waals surface area contributed by atoms with E-state index in [1.54, 1.807) is 0 Å². The van der Waals surface area contributed by atoms with Crippen LogP contribution in [0.15, 0.2) is 24.3 Å². The first-order chi connectivity index (χ1) is 7.66. The van der Waals surface area contributed by atoms with Crippen LogP contribution in [0.2, 0.25) is 5.02 Å². The van der Waals surface area contributed by atoms with Crippen LogP contribution in [0, 0.1) is 0 Å². The molecule has 88 valence electrons. The van der Waals surface area contributed by atoms with Gasteiger partial charge in [-0.25, -0.2) is 0 Å². The SMILES string of the molecule is CN(C)C1CCNC(c2ccc(Cl)cc2)C1. The van der Waals surface area contributed by atoms with Crippen molar-refractivity contribution in [1.82, 2.24) is 10.2 Å². The van der Waals surface area contributed by atoms with E-state index < -0.39 is 0 Å². The third-order valence-corrected chi connectivity index (χ3v) is 3.63. The summed E-state index contributed by atoms with van der Waals surface area (Å²) in [4.78, 5) is 2.32. The van der Waals surface area contributed by atoms with Crippen molar-refractivity contribution < 1.29 is 0 Å². The molecule has 1 fully saturated rings. The maximum atomic E-state index is 5.90. The Kier molecular flexibility index (Phi) is 3.85. The van der Waals surface area contributed by atoms with Crippen LogP contribution in [0.5, 0.6) is 0 Å². The van der Waals surface area contributed by atoms with Crippen LogP contribution in [0.1, 0.15) is 24.4 Å². The lowest BCUT2D eigenvalue weighted by atomic mass is 9.93. The Bertz CT molecular complexity index is 334. The molecule has 2 nitrogen and oxygen atoms in total. The van der Waals surface area contributed by atoms with Gasteiger partial charge >= 0.3 is 0 Å². The standard InChI is InChI=1S/C13H19ClN2/c1-16(2)12-7-8-15-13(9-12)10-3-5-11(14)6-4-10/h3-6,12-13,15H,7-9H2,1-2H3. The molecule has 0 bridgehead atoms. The van der Waals surface area contributed by atoms with Crippen LogP contribution in [-0.4, -0.2) is 31.6 Å². The van der Waals surface area contributed by atoms with E-state index in [-0.39, 0.29) is 0 Å². The lowest BCUT2D eigenvalue weighted by molar-refractivity contribution is 0.207. The van der Waals surface area contributed by atoms with Crippen LogP contribution in [0.3, 0.4) is 0 Å². The number of hydrogen-bond acceptors (Lipinski definition) is 2. The van der Waals surface area contributed by atoms with Crippen LogP contribution in [-0.2, 0) is 0 Å². The molecule has 1 aliphatic rings. The first-order valence-electron chi connectivity index (χ1n) is 5.82. The van der Waals surface area contributed by atoms with Crippen molar-refractivity contribution in [1.29, 1.82) is 0 Å². The van der Waals surface area contributed by atoms with E-state index in [4.69, 9.17) is 11.6 Å². The molecule has 16 heavy (non-hydrogen) atoms. The lowest BCUT2D eigenvalue weighted by Crippen LogP contribution is -2.41. The Morgan fingerprint density at radius 3 is 2.56 bits per heavy atom. The van der Waals surface area contributed by atoms with Crippen molar-refractivity contribution >= 4 is 11.6 Å². The van der Waals surface area contributed by atoms with Crippen molar-refractivity contribution in [3.05, 3.63) is 34.9 Å². The third-order valence-electron chi connectivity index (χ3n) is 3.38.